The van der Waals surface area contributed by atoms with Gasteiger partial charge in [-0.1, -0.05) is 24.3 Å². The van der Waals surface area contributed by atoms with E-state index in [4.69, 9.17) is 0 Å². The second kappa shape index (κ2) is 10.0. The lowest BCUT2D eigenvalue weighted by Gasteiger charge is -2.34. The van der Waals surface area contributed by atoms with Gasteiger partial charge in [0.25, 0.3) is 0 Å². The molecule has 32 heavy (non-hydrogen) atoms. The summed E-state index contributed by atoms with van der Waals surface area (Å²) >= 11 is 0. The van der Waals surface area contributed by atoms with Crippen LogP contribution in [0.4, 0.5) is 11.9 Å². The minimum absolute atomic E-state index is 0.868. The second-order valence-electron chi connectivity index (χ2n) is 8.45. The zero-order chi connectivity index (χ0) is 21.6. The van der Waals surface area contributed by atoms with Gasteiger partial charge in [-0.25, -0.2) is 9.97 Å². The average molecular weight is 433 g/mol. The summed E-state index contributed by atoms with van der Waals surface area (Å²) in [5.74, 6) is 1.74. The smallest absolute Gasteiger partial charge is 0.201 e. The molecule has 168 valence electrons. The quantitative estimate of drug-likeness (QED) is 0.288. The Kier molecular flexibility index (Phi) is 6.50. The van der Waals surface area contributed by atoms with E-state index in [1.165, 1.54) is 0 Å². The molecule has 4 aromatic rings. The molecule has 0 radical (unpaired) electrons. The monoisotopic (exact) mass is 432 g/mol. The van der Waals surface area contributed by atoms with Gasteiger partial charge in [-0.05, 0) is 50.2 Å². The van der Waals surface area contributed by atoms with Crippen LogP contribution in [0.25, 0.3) is 22.1 Å². The number of anilines is 2. The van der Waals surface area contributed by atoms with E-state index in [1.807, 2.05) is 36.4 Å². The van der Waals surface area contributed by atoms with E-state index in [1.54, 1.807) is 0 Å². The number of hydrogen-bond acceptors (Lipinski definition) is 6. The number of benzene rings is 2. The number of aromatic amines is 2. The Bertz CT molecular complexity index is 969. The standard InChI is InChI=1S/C24H32N8/c1-2-8-20-19(7-1)27-23(28-20)25-11-5-13-31-15-17-32(18-16-31)14-6-12-26-24-29-21-9-3-4-10-22(21)30-24/h1-4,7-10H,5-6,11-18H2,(H2,25,27,28)(H2,26,29,30). The summed E-state index contributed by atoms with van der Waals surface area (Å²) in [7, 11) is 0. The van der Waals surface area contributed by atoms with Gasteiger partial charge in [-0.2, -0.15) is 0 Å². The molecular formula is C24H32N8. The summed E-state index contributed by atoms with van der Waals surface area (Å²) in [5.41, 5.74) is 4.19. The maximum absolute atomic E-state index is 4.57. The summed E-state index contributed by atoms with van der Waals surface area (Å²) in [5, 5.41) is 6.84. The molecule has 1 aliphatic heterocycles. The lowest BCUT2D eigenvalue weighted by Crippen LogP contribution is -2.47. The van der Waals surface area contributed by atoms with Crippen molar-refractivity contribution >= 4 is 34.0 Å². The molecule has 1 aliphatic rings. The first kappa shape index (κ1) is 20.8. The van der Waals surface area contributed by atoms with Crippen molar-refractivity contribution in [2.75, 3.05) is 63.0 Å². The Balaban J connectivity index is 0.941. The molecule has 8 nitrogen and oxygen atoms in total. The van der Waals surface area contributed by atoms with E-state index in [2.05, 4.69) is 52.5 Å². The predicted octanol–water partition coefficient (Wildman–Crippen LogP) is 3.36. The van der Waals surface area contributed by atoms with Gasteiger partial charge >= 0.3 is 0 Å². The van der Waals surface area contributed by atoms with Crippen LogP contribution in [0.15, 0.2) is 48.5 Å². The topological polar surface area (TPSA) is 87.9 Å². The normalized spacial score (nSPS) is 15.5. The lowest BCUT2D eigenvalue weighted by atomic mass is 10.2. The zero-order valence-electron chi connectivity index (χ0n) is 18.5. The molecule has 4 N–H and O–H groups in total. The van der Waals surface area contributed by atoms with E-state index in [0.717, 1.165) is 99.2 Å². The predicted molar refractivity (Wildman–Crippen MR) is 131 cm³/mol. The van der Waals surface area contributed by atoms with Crippen LogP contribution in [0.3, 0.4) is 0 Å². The number of piperazine rings is 1. The van der Waals surface area contributed by atoms with Crippen molar-refractivity contribution in [1.82, 2.24) is 29.7 Å². The van der Waals surface area contributed by atoms with Gasteiger partial charge in [-0.3, -0.25) is 0 Å². The van der Waals surface area contributed by atoms with Crippen molar-refractivity contribution in [3.63, 3.8) is 0 Å². The van der Waals surface area contributed by atoms with Crippen LogP contribution in [0.1, 0.15) is 12.8 Å². The number of rotatable bonds is 10. The number of nitrogens with zero attached hydrogens (tertiary/aromatic N) is 4. The van der Waals surface area contributed by atoms with Crippen molar-refractivity contribution in [1.29, 1.82) is 0 Å². The molecule has 3 heterocycles. The van der Waals surface area contributed by atoms with Gasteiger partial charge in [0, 0.05) is 39.3 Å². The molecule has 0 bridgehead atoms. The van der Waals surface area contributed by atoms with E-state index in [-0.39, 0.29) is 0 Å². The molecule has 0 spiro atoms. The number of imidazole rings is 2. The first-order valence-corrected chi connectivity index (χ1v) is 11.7. The third kappa shape index (κ3) is 5.20. The molecule has 2 aromatic heterocycles. The third-order valence-electron chi connectivity index (χ3n) is 6.13. The van der Waals surface area contributed by atoms with Crippen LogP contribution >= 0.6 is 0 Å². The average Bonchev–Trinajstić information content (AvgIpc) is 3.43. The largest absolute Gasteiger partial charge is 0.356 e. The summed E-state index contributed by atoms with van der Waals surface area (Å²) in [6, 6.07) is 16.3. The molecule has 0 aliphatic carbocycles. The number of para-hydroxylation sites is 4. The van der Waals surface area contributed by atoms with Gasteiger partial charge < -0.3 is 30.4 Å². The van der Waals surface area contributed by atoms with Crippen LogP contribution in [-0.2, 0) is 0 Å². The molecule has 0 saturated carbocycles. The van der Waals surface area contributed by atoms with Crippen molar-refractivity contribution in [2.24, 2.45) is 0 Å². The maximum Gasteiger partial charge on any atom is 0.201 e. The highest BCUT2D eigenvalue weighted by Gasteiger charge is 2.16. The highest BCUT2D eigenvalue weighted by atomic mass is 15.3. The van der Waals surface area contributed by atoms with Crippen molar-refractivity contribution in [3.05, 3.63) is 48.5 Å². The fourth-order valence-corrected chi connectivity index (χ4v) is 4.33. The van der Waals surface area contributed by atoms with E-state index in [9.17, 15) is 0 Å². The van der Waals surface area contributed by atoms with Gasteiger partial charge in [0.2, 0.25) is 11.9 Å². The van der Waals surface area contributed by atoms with Crippen LogP contribution in [0.2, 0.25) is 0 Å². The second-order valence-corrected chi connectivity index (χ2v) is 8.45. The Hall–Kier alpha value is -3.10. The van der Waals surface area contributed by atoms with Crippen molar-refractivity contribution < 1.29 is 0 Å². The fraction of sp³-hybridized carbons (Fsp3) is 0.417. The molecule has 2 aromatic carbocycles. The van der Waals surface area contributed by atoms with Gasteiger partial charge in [0.05, 0.1) is 22.1 Å². The number of aromatic nitrogens is 4. The first-order chi connectivity index (χ1) is 15.8. The number of fused-ring (bicyclic) bond motifs is 2. The van der Waals surface area contributed by atoms with Crippen molar-refractivity contribution in [3.8, 4) is 0 Å². The van der Waals surface area contributed by atoms with Crippen molar-refractivity contribution in [2.45, 2.75) is 12.8 Å². The van der Waals surface area contributed by atoms with Gasteiger partial charge in [0.15, 0.2) is 0 Å². The SMILES string of the molecule is c1ccc2[nH]c(NCCCN3CCN(CCCNc4nc5ccccc5[nH]4)CC3)nc2c1. The number of H-pyrrole nitrogens is 2. The van der Waals surface area contributed by atoms with E-state index in [0.29, 0.717) is 0 Å². The van der Waals surface area contributed by atoms with Crippen LogP contribution in [0.5, 0.6) is 0 Å². The summed E-state index contributed by atoms with van der Waals surface area (Å²) in [6.45, 7) is 8.76. The lowest BCUT2D eigenvalue weighted by molar-refractivity contribution is 0.132. The minimum atomic E-state index is 0.868. The molecule has 8 heteroatoms. The number of hydrogen-bond donors (Lipinski definition) is 4. The van der Waals surface area contributed by atoms with Gasteiger partial charge in [0.1, 0.15) is 0 Å². The molecule has 1 fully saturated rings. The Morgan fingerprint density at radius 2 is 1.09 bits per heavy atom. The van der Waals surface area contributed by atoms with E-state index >= 15 is 0 Å². The Morgan fingerprint density at radius 1 is 0.656 bits per heavy atom. The molecule has 5 rings (SSSR count). The summed E-state index contributed by atoms with van der Waals surface area (Å²) in [4.78, 5) is 21.0. The first-order valence-electron chi connectivity index (χ1n) is 11.7. The summed E-state index contributed by atoms with van der Waals surface area (Å²) < 4.78 is 0. The number of nitrogens with one attached hydrogen (secondary N) is 4. The molecule has 0 atom stereocenters. The van der Waals surface area contributed by atoms with Crippen LogP contribution in [-0.4, -0.2) is 82.1 Å². The van der Waals surface area contributed by atoms with Crippen LogP contribution < -0.4 is 10.6 Å². The third-order valence-corrected chi connectivity index (χ3v) is 6.13. The highest BCUT2D eigenvalue weighted by Crippen LogP contribution is 2.14. The minimum Gasteiger partial charge on any atom is -0.356 e. The highest BCUT2D eigenvalue weighted by molar-refractivity contribution is 5.77. The van der Waals surface area contributed by atoms with Crippen LogP contribution in [0, 0.1) is 0 Å². The van der Waals surface area contributed by atoms with Gasteiger partial charge in [-0.15, -0.1) is 0 Å². The maximum atomic E-state index is 4.57. The molecule has 1 saturated heterocycles. The fourth-order valence-electron chi connectivity index (χ4n) is 4.33. The summed E-state index contributed by atoms with van der Waals surface area (Å²) in [6.07, 6.45) is 2.25. The zero-order valence-corrected chi connectivity index (χ0v) is 18.5. The Labute approximate surface area is 188 Å². The Morgan fingerprint density at radius 3 is 1.53 bits per heavy atom. The van der Waals surface area contributed by atoms with E-state index < -0.39 is 0 Å². The molecular weight excluding hydrogens is 400 g/mol. The molecule has 0 unspecified atom stereocenters. The molecule has 0 amide bonds.